The molecular formula is C18H22N2O4. The van der Waals surface area contributed by atoms with E-state index in [1.165, 1.54) is 0 Å². The molecule has 1 fully saturated rings. The van der Waals surface area contributed by atoms with E-state index < -0.39 is 11.4 Å². The molecule has 0 aliphatic carbocycles. The van der Waals surface area contributed by atoms with Crippen molar-refractivity contribution in [2.24, 2.45) is 5.41 Å². The van der Waals surface area contributed by atoms with Gasteiger partial charge in [0.1, 0.15) is 0 Å². The molecule has 1 aromatic rings. The number of rotatable bonds is 4. The van der Waals surface area contributed by atoms with Gasteiger partial charge in [0.05, 0.1) is 5.41 Å². The molecule has 2 amide bonds. The average molecular weight is 330 g/mol. The summed E-state index contributed by atoms with van der Waals surface area (Å²) in [6.45, 7) is 2.72. The zero-order chi connectivity index (χ0) is 17.3. The first-order valence-corrected chi connectivity index (χ1v) is 8.30. The van der Waals surface area contributed by atoms with Crippen LogP contribution in [-0.2, 0) is 20.8 Å². The lowest BCUT2D eigenvalue weighted by Gasteiger charge is -2.30. The number of carbonyl (C=O) groups excluding carboxylic acids is 2. The fourth-order valence-corrected chi connectivity index (χ4v) is 3.46. The Morgan fingerprint density at radius 3 is 2.71 bits per heavy atom. The summed E-state index contributed by atoms with van der Waals surface area (Å²) in [4.78, 5) is 39.2. The van der Waals surface area contributed by atoms with Crippen LogP contribution in [0, 0.1) is 5.41 Å². The number of nitrogens with zero attached hydrogens (tertiary/aromatic N) is 2. The van der Waals surface area contributed by atoms with E-state index in [0.717, 1.165) is 17.7 Å². The number of carboxylic acids is 1. The molecule has 1 aromatic carbocycles. The Labute approximate surface area is 141 Å². The van der Waals surface area contributed by atoms with Crippen LogP contribution in [0.2, 0.25) is 0 Å². The summed E-state index contributed by atoms with van der Waals surface area (Å²) >= 11 is 0. The van der Waals surface area contributed by atoms with Gasteiger partial charge in [-0.1, -0.05) is 18.2 Å². The number of hydrogen-bond acceptors (Lipinski definition) is 3. The molecule has 2 aliphatic heterocycles. The van der Waals surface area contributed by atoms with Crippen LogP contribution in [0.15, 0.2) is 24.3 Å². The van der Waals surface area contributed by atoms with Crippen LogP contribution in [-0.4, -0.2) is 47.4 Å². The zero-order valence-corrected chi connectivity index (χ0v) is 13.8. The van der Waals surface area contributed by atoms with Crippen molar-refractivity contribution in [3.63, 3.8) is 0 Å². The van der Waals surface area contributed by atoms with Gasteiger partial charge in [0.15, 0.2) is 0 Å². The normalized spacial score (nSPS) is 23.3. The van der Waals surface area contributed by atoms with Crippen molar-refractivity contribution in [1.82, 2.24) is 4.90 Å². The van der Waals surface area contributed by atoms with E-state index in [4.69, 9.17) is 0 Å². The second-order valence-corrected chi connectivity index (χ2v) is 6.86. The molecule has 1 atom stereocenters. The summed E-state index contributed by atoms with van der Waals surface area (Å²) in [6, 6.07) is 7.77. The van der Waals surface area contributed by atoms with Crippen LogP contribution in [0.1, 0.15) is 31.7 Å². The molecule has 0 radical (unpaired) electrons. The van der Waals surface area contributed by atoms with E-state index >= 15 is 0 Å². The molecule has 1 saturated heterocycles. The summed E-state index contributed by atoms with van der Waals surface area (Å²) in [5.41, 5.74) is 1.16. The predicted octanol–water partition coefficient (Wildman–Crippen LogP) is 1.68. The quantitative estimate of drug-likeness (QED) is 0.911. The number of carboxylic acid groups (broad SMARTS) is 1. The van der Waals surface area contributed by atoms with Crippen molar-refractivity contribution in [3.8, 4) is 0 Å². The third-order valence-electron chi connectivity index (χ3n) is 5.08. The summed E-state index contributed by atoms with van der Waals surface area (Å²) in [6.07, 6.45) is 1.89. The highest BCUT2D eigenvalue weighted by Gasteiger charge is 2.42. The fourth-order valence-electron chi connectivity index (χ4n) is 3.46. The van der Waals surface area contributed by atoms with Crippen molar-refractivity contribution < 1.29 is 19.5 Å². The Kier molecular flexibility index (Phi) is 4.30. The van der Waals surface area contributed by atoms with E-state index in [1.54, 1.807) is 16.7 Å². The minimum absolute atomic E-state index is 0.0401. The highest BCUT2D eigenvalue weighted by atomic mass is 16.4. The minimum atomic E-state index is -0.863. The average Bonchev–Trinajstić information content (AvgIpc) is 2.98. The lowest BCUT2D eigenvalue weighted by atomic mass is 9.90. The van der Waals surface area contributed by atoms with Gasteiger partial charge in [0.25, 0.3) is 0 Å². The third kappa shape index (κ3) is 3.00. The standard InChI is InChI=1S/C18H22N2O4/c1-18(17(23)24)9-11-19(12-18)15(21)8-10-20-14-5-3-2-4-13(14)6-7-16(20)22/h2-5H,6-12H2,1H3,(H,23,24). The first-order chi connectivity index (χ1) is 11.4. The van der Waals surface area contributed by atoms with E-state index in [1.807, 2.05) is 24.3 Å². The van der Waals surface area contributed by atoms with Crippen LogP contribution in [0.3, 0.4) is 0 Å². The maximum absolute atomic E-state index is 12.4. The number of para-hydroxylation sites is 1. The van der Waals surface area contributed by atoms with Crippen LogP contribution in [0.25, 0.3) is 0 Å². The number of benzene rings is 1. The molecule has 0 bridgehead atoms. The minimum Gasteiger partial charge on any atom is -0.481 e. The number of aliphatic carboxylic acids is 1. The number of amides is 2. The number of likely N-dealkylation sites (tertiary alicyclic amines) is 1. The van der Waals surface area contributed by atoms with E-state index in [2.05, 4.69) is 0 Å². The van der Waals surface area contributed by atoms with Gasteiger partial charge in [-0.2, -0.15) is 0 Å². The lowest BCUT2D eigenvalue weighted by Crippen LogP contribution is -2.40. The van der Waals surface area contributed by atoms with Gasteiger partial charge in [0, 0.05) is 38.2 Å². The second kappa shape index (κ2) is 6.26. The SMILES string of the molecule is CC1(C(=O)O)CCN(C(=O)CCN2C(=O)CCc3ccccc32)C1. The first-order valence-electron chi connectivity index (χ1n) is 8.30. The highest BCUT2D eigenvalue weighted by Crippen LogP contribution is 2.31. The molecule has 128 valence electrons. The van der Waals surface area contributed by atoms with Crippen molar-refractivity contribution >= 4 is 23.5 Å². The van der Waals surface area contributed by atoms with Gasteiger partial charge in [-0.05, 0) is 31.4 Å². The molecule has 1 unspecified atom stereocenters. The van der Waals surface area contributed by atoms with Gasteiger partial charge in [-0.3, -0.25) is 14.4 Å². The number of hydrogen-bond donors (Lipinski definition) is 1. The van der Waals surface area contributed by atoms with E-state index in [0.29, 0.717) is 25.9 Å². The van der Waals surface area contributed by atoms with Crippen molar-refractivity contribution in [2.45, 2.75) is 32.6 Å². The summed E-state index contributed by atoms with van der Waals surface area (Å²) in [5, 5.41) is 9.26. The zero-order valence-electron chi connectivity index (χ0n) is 13.8. The Morgan fingerprint density at radius 2 is 2.00 bits per heavy atom. The molecule has 0 aromatic heterocycles. The van der Waals surface area contributed by atoms with E-state index in [9.17, 15) is 19.5 Å². The van der Waals surface area contributed by atoms with Gasteiger partial charge in [-0.25, -0.2) is 0 Å². The molecule has 1 N–H and O–H groups in total. The highest BCUT2D eigenvalue weighted by molar-refractivity contribution is 5.97. The molecule has 2 aliphatic rings. The maximum atomic E-state index is 12.4. The Morgan fingerprint density at radius 1 is 1.25 bits per heavy atom. The van der Waals surface area contributed by atoms with Crippen molar-refractivity contribution in [3.05, 3.63) is 29.8 Å². The number of fused-ring (bicyclic) bond motifs is 1. The summed E-state index contributed by atoms with van der Waals surface area (Å²) < 4.78 is 0. The number of aryl methyl sites for hydroxylation is 1. The molecule has 6 heteroatoms. The smallest absolute Gasteiger partial charge is 0.311 e. The van der Waals surface area contributed by atoms with Crippen molar-refractivity contribution in [2.75, 3.05) is 24.5 Å². The van der Waals surface area contributed by atoms with Crippen LogP contribution in [0.4, 0.5) is 5.69 Å². The monoisotopic (exact) mass is 330 g/mol. The number of anilines is 1. The van der Waals surface area contributed by atoms with Gasteiger partial charge in [-0.15, -0.1) is 0 Å². The van der Waals surface area contributed by atoms with Crippen LogP contribution in [0.5, 0.6) is 0 Å². The van der Waals surface area contributed by atoms with E-state index in [-0.39, 0.29) is 24.8 Å². The Hall–Kier alpha value is -2.37. The molecule has 2 heterocycles. The molecule has 24 heavy (non-hydrogen) atoms. The van der Waals surface area contributed by atoms with Crippen LogP contribution < -0.4 is 4.90 Å². The topological polar surface area (TPSA) is 77.9 Å². The molecule has 3 rings (SSSR count). The Bertz CT molecular complexity index is 687. The third-order valence-corrected chi connectivity index (χ3v) is 5.08. The van der Waals surface area contributed by atoms with Crippen molar-refractivity contribution in [1.29, 1.82) is 0 Å². The van der Waals surface area contributed by atoms with Gasteiger partial charge >= 0.3 is 5.97 Å². The Balaban J connectivity index is 1.63. The first kappa shape index (κ1) is 16.5. The van der Waals surface area contributed by atoms with Crippen LogP contribution >= 0.6 is 0 Å². The maximum Gasteiger partial charge on any atom is 0.311 e. The number of carbonyl (C=O) groups is 3. The molecule has 0 spiro atoms. The van der Waals surface area contributed by atoms with Gasteiger partial charge < -0.3 is 14.9 Å². The summed E-state index contributed by atoms with van der Waals surface area (Å²) in [5.74, 6) is -0.910. The van der Waals surface area contributed by atoms with Gasteiger partial charge in [0.2, 0.25) is 11.8 Å². The molecule has 0 saturated carbocycles. The molecular weight excluding hydrogens is 308 g/mol. The summed E-state index contributed by atoms with van der Waals surface area (Å²) in [7, 11) is 0. The largest absolute Gasteiger partial charge is 0.481 e. The fraction of sp³-hybridized carbons (Fsp3) is 0.500. The second-order valence-electron chi connectivity index (χ2n) is 6.86. The predicted molar refractivity (Wildman–Crippen MR) is 88.7 cm³/mol. The lowest BCUT2D eigenvalue weighted by molar-refractivity contribution is -0.147. The molecule has 6 nitrogen and oxygen atoms in total.